The average molecular weight is 396 g/mol. The van der Waals surface area contributed by atoms with Gasteiger partial charge in [0.05, 0.1) is 19.0 Å². The Balaban J connectivity index is 1.61. The van der Waals surface area contributed by atoms with Crippen LogP contribution in [0.25, 0.3) is 11.4 Å². The van der Waals surface area contributed by atoms with E-state index in [9.17, 15) is 0 Å². The average Bonchev–Trinajstić information content (AvgIpc) is 2.76. The Morgan fingerprint density at radius 1 is 1.11 bits per heavy atom. The van der Waals surface area contributed by atoms with Gasteiger partial charge in [0.1, 0.15) is 10.8 Å². The van der Waals surface area contributed by atoms with Gasteiger partial charge in [0.15, 0.2) is 11.6 Å². The van der Waals surface area contributed by atoms with Gasteiger partial charge in [-0.05, 0) is 12.1 Å². The Morgan fingerprint density at radius 3 is 2.64 bits per heavy atom. The number of rotatable bonds is 5. The Labute approximate surface area is 169 Å². The number of methoxy groups -OCH3 is 1. The fraction of sp³-hybridized carbons (Fsp3) is 0.238. The van der Waals surface area contributed by atoms with E-state index in [1.807, 2.05) is 42.5 Å². The van der Waals surface area contributed by atoms with Gasteiger partial charge in [0.2, 0.25) is 0 Å². The molecule has 1 aliphatic rings. The van der Waals surface area contributed by atoms with Crippen molar-refractivity contribution in [3.05, 3.63) is 59.8 Å². The smallest absolute Gasteiger partial charge is 0.161 e. The summed E-state index contributed by atoms with van der Waals surface area (Å²) >= 11 is 6.34. The van der Waals surface area contributed by atoms with Crippen LogP contribution in [0, 0.1) is 0 Å². The van der Waals surface area contributed by atoms with Gasteiger partial charge >= 0.3 is 0 Å². The van der Waals surface area contributed by atoms with Gasteiger partial charge in [0.25, 0.3) is 0 Å². The summed E-state index contributed by atoms with van der Waals surface area (Å²) in [5.41, 5.74) is 2.88. The van der Waals surface area contributed by atoms with E-state index in [0.29, 0.717) is 16.7 Å². The number of nitrogens with zero attached hydrogens (tertiary/aromatic N) is 3. The molecule has 7 heteroatoms. The van der Waals surface area contributed by atoms with E-state index in [1.165, 1.54) is 0 Å². The van der Waals surface area contributed by atoms with E-state index in [4.69, 9.17) is 16.3 Å². The predicted octanol–water partition coefficient (Wildman–Crippen LogP) is 3.96. The summed E-state index contributed by atoms with van der Waals surface area (Å²) in [7, 11) is 1.67. The number of hydrogen-bond acceptors (Lipinski definition) is 6. The predicted molar refractivity (Wildman–Crippen MR) is 114 cm³/mol. The Kier molecular flexibility index (Phi) is 5.60. The fourth-order valence-corrected chi connectivity index (χ4v) is 3.35. The van der Waals surface area contributed by atoms with E-state index in [2.05, 4.69) is 31.6 Å². The fourth-order valence-electron chi connectivity index (χ4n) is 3.21. The molecule has 0 saturated carbocycles. The van der Waals surface area contributed by atoms with Crippen molar-refractivity contribution in [1.29, 1.82) is 0 Å². The van der Waals surface area contributed by atoms with Gasteiger partial charge in [-0.3, -0.25) is 0 Å². The van der Waals surface area contributed by atoms with E-state index in [1.54, 1.807) is 13.3 Å². The molecule has 1 fully saturated rings. The van der Waals surface area contributed by atoms with E-state index < -0.39 is 0 Å². The lowest BCUT2D eigenvalue weighted by atomic mass is 10.2. The third kappa shape index (κ3) is 4.03. The molecular weight excluding hydrogens is 374 g/mol. The first-order chi connectivity index (χ1) is 13.7. The monoisotopic (exact) mass is 395 g/mol. The van der Waals surface area contributed by atoms with Crippen LogP contribution in [0.15, 0.2) is 54.7 Å². The summed E-state index contributed by atoms with van der Waals surface area (Å²) in [4.78, 5) is 11.3. The highest BCUT2D eigenvalue weighted by Gasteiger charge is 2.15. The van der Waals surface area contributed by atoms with Crippen LogP contribution in [0.5, 0.6) is 5.75 Å². The zero-order chi connectivity index (χ0) is 19.3. The van der Waals surface area contributed by atoms with Crippen LogP contribution in [0.3, 0.4) is 0 Å². The molecule has 0 radical (unpaired) electrons. The van der Waals surface area contributed by atoms with E-state index >= 15 is 0 Å². The Morgan fingerprint density at radius 2 is 1.89 bits per heavy atom. The molecule has 2 aromatic carbocycles. The van der Waals surface area contributed by atoms with Crippen LogP contribution in [-0.4, -0.2) is 43.3 Å². The molecule has 2 heterocycles. The standard InChI is InChI=1S/C21H22ClN5O/c1-28-19-13-16(27-11-9-23-10-12-27)7-8-18(19)25-21-17(22)14-24-20(26-21)15-5-3-2-4-6-15/h2-8,13-14,23H,9-12H2,1H3,(H,24,25,26). The summed E-state index contributed by atoms with van der Waals surface area (Å²) < 4.78 is 5.61. The van der Waals surface area contributed by atoms with Crippen LogP contribution in [0.1, 0.15) is 0 Å². The van der Waals surface area contributed by atoms with Crippen molar-refractivity contribution in [1.82, 2.24) is 15.3 Å². The highest BCUT2D eigenvalue weighted by Crippen LogP contribution is 2.34. The number of ether oxygens (including phenoxy) is 1. The number of anilines is 3. The lowest BCUT2D eigenvalue weighted by molar-refractivity contribution is 0.416. The first-order valence-corrected chi connectivity index (χ1v) is 9.61. The van der Waals surface area contributed by atoms with Gasteiger partial charge in [0, 0.05) is 43.5 Å². The summed E-state index contributed by atoms with van der Waals surface area (Å²) in [6, 6.07) is 15.9. The molecule has 1 aromatic heterocycles. The maximum Gasteiger partial charge on any atom is 0.161 e. The number of halogens is 1. The minimum atomic E-state index is 0.452. The summed E-state index contributed by atoms with van der Waals surface area (Å²) in [5.74, 6) is 1.90. The van der Waals surface area contributed by atoms with Gasteiger partial charge in [-0.15, -0.1) is 0 Å². The molecule has 1 aliphatic heterocycles. The molecule has 0 amide bonds. The van der Waals surface area contributed by atoms with Crippen molar-refractivity contribution >= 4 is 28.8 Å². The topological polar surface area (TPSA) is 62.3 Å². The van der Waals surface area contributed by atoms with Gasteiger partial charge in [-0.1, -0.05) is 41.9 Å². The molecule has 0 aliphatic carbocycles. The first-order valence-electron chi connectivity index (χ1n) is 9.23. The molecule has 1 saturated heterocycles. The highest BCUT2D eigenvalue weighted by atomic mass is 35.5. The molecule has 144 valence electrons. The van der Waals surface area contributed by atoms with Crippen molar-refractivity contribution in [2.24, 2.45) is 0 Å². The van der Waals surface area contributed by atoms with Crippen molar-refractivity contribution < 1.29 is 4.74 Å². The number of hydrogen-bond donors (Lipinski definition) is 2. The maximum absolute atomic E-state index is 6.34. The Bertz CT molecular complexity index is 945. The highest BCUT2D eigenvalue weighted by molar-refractivity contribution is 6.32. The van der Waals surface area contributed by atoms with Gasteiger partial charge in [-0.2, -0.15) is 0 Å². The SMILES string of the molecule is COc1cc(N2CCNCC2)ccc1Nc1nc(-c2ccccc2)ncc1Cl. The molecule has 4 rings (SSSR count). The van der Waals surface area contributed by atoms with Crippen LogP contribution in [0.4, 0.5) is 17.2 Å². The third-order valence-electron chi connectivity index (χ3n) is 4.70. The lowest BCUT2D eigenvalue weighted by Crippen LogP contribution is -2.43. The molecule has 0 atom stereocenters. The molecule has 0 spiro atoms. The normalized spacial score (nSPS) is 14.0. The lowest BCUT2D eigenvalue weighted by Gasteiger charge is -2.30. The molecule has 3 aromatic rings. The van der Waals surface area contributed by atoms with Crippen LogP contribution < -0.4 is 20.3 Å². The second-order valence-electron chi connectivity index (χ2n) is 6.50. The number of nitrogens with one attached hydrogen (secondary N) is 2. The second-order valence-corrected chi connectivity index (χ2v) is 6.91. The van der Waals surface area contributed by atoms with Crippen molar-refractivity contribution in [3.63, 3.8) is 0 Å². The minimum Gasteiger partial charge on any atom is -0.494 e. The zero-order valence-corrected chi connectivity index (χ0v) is 16.4. The summed E-state index contributed by atoms with van der Waals surface area (Å²) in [6.45, 7) is 3.93. The van der Waals surface area contributed by atoms with Crippen molar-refractivity contribution in [3.8, 4) is 17.1 Å². The Hall–Kier alpha value is -2.83. The van der Waals surface area contributed by atoms with Crippen molar-refractivity contribution in [2.45, 2.75) is 0 Å². The quantitative estimate of drug-likeness (QED) is 0.681. The van der Waals surface area contributed by atoms with E-state index in [0.717, 1.165) is 48.9 Å². The van der Waals surface area contributed by atoms with Gasteiger partial charge < -0.3 is 20.3 Å². The minimum absolute atomic E-state index is 0.452. The van der Waals surface area contributed by atoms with Gasteiger partial charge in [-0.25, -0.2) is 9.97 Å². The molecule has 0 bridgehead atoms. The summed E-state index contributed by atoms with van der Waals surface area (Å²) in [5, 5.41) is 7.11. The largest absolute Gasteiger partial charge is 0.494 e. The van der Waals surface area contributed by atoms with Crippen molar-refractivity contribution in [2.75, 3.05) is 43.5 Å². The number of piperazine rings is 1. The molecule has 6 nitrogen and oxygen atoms in total. The second kappa shape index (κ2) is 8.46. The van der Waals surface area contributed by atoms with E-state index in [-0.39, 0.29) is 0 Å². The third-order valence-corrected chi connectivity index (χ3v) is 4.97. The molecule has 0 unspecified atom stereocenters. The zero-order valence-electron chi connectivity index (χ0n) is 15.7. The summed E-state index contributed by atoms with van der Waals surface area (Å²) in [6.07, 6.45) is 1.61. The van der Waals surface area contributed by atoms with Crippen LogP contribution >= 0.6 is 11.6 Å². The number of benzene rings is 2. The molecular formula is C21H22ClN5O. The maximum atomic E-state index is 6.34. The molecule has 28 heavy (non-hydrogen) atoms. The molecule has 2 N–H and O–H groups in total. The first kappa shape index (κ1) is 18.5. The van der Waals surface area contributed by atoms with Crippen LogP contribution in [-0.2, 0) is 0 Å². The number of aromatic nitrogens is 2. The van der Waals surface area contributed by atoms with Crippen LogP contribution in [0.2, 0.25) is 5.02 Å².